The number of amides is 1. The van der Waals surface area contributed by atoms with Crippen molar-refractivity contribution in [3.8, 4) is 5.75 Å². The van der Waals surface area contributed by atoms with Gasteiger partial charge in [-0.25, -0.2) is 8.42 Å². The van der Waals surface area contributed by atoms with Crippen molar-refractivity contribution in [2.75, 3.05) is 19.6 Å². The Balaban J connectivity index is 1.52. The zero-order valence-corrected chi connectivity index (χ0v) is 16.8. The van der Waals surface area contributed by atoms with Crippen LogP contribution in [-0.2, 0) is 21.4 Å². The molecule has 1 saturated carbocycles. The summed E-state index contributed by atoms with van der Waals surface area (Å²) in [5.41, 5.74) is -0.0755. The van der Waals surface area contributed by atoms with Gasteiger partial charge in [0.15, 0.2) is 0 Å². The predicted molar refractivity (Wildman–Crippen MR) is 106 cm³/mol. The van der Waals surface area contributed by atoms with Crippen LogP contribution < -0.4 is 4.74 Å². The summed E-state index contributed by atoms with van der Waals surface area (Å²) in [6, 6.07) is 12.2. The van der Waals surface area contributed by atoms with Gasteiger partial charge in [-0.3, -0.25) is 9.78 Å². The molecule has 3 heterocycles. The predicted octanol–water partition coefficient (Wildman–Crippen LogP) is 2.05. The minimum Gasteiger partial charge on any atom is -0.483 e. The Labute approximate surface area is 170 Å². The SMILES string of the molecule is O=C(C1CC1)N1CC[C@@]2(C1)CN(Cc1ccccn1)S(=O)(=O)c1ccccc1O2. The zero-order valence-electron chi connectivity index (χ0n) is 16.0. The molecule has 2 fully saturated rings. The molecular weight excluding hydrogens is 390 g/mol. The summed E-state index contributed by atoms with van der Waals surface area (Å²) in [4.78, 5) is 18.9. The van der Waals surface area contributed by atoms with Gasteiger partial charge in [-0.05, 0) is 37.1 Å². The number of aromatic nitrogens is 1. The number of pyridine rings is 1. The molecule has 0 N–H and O–H groups in total. The number of carbonyl (C=O) groups excluding carboxylic acids is 1. The molecule has 0 bridgehead atoms. The first-order chi connectivity index (χ1) is 14.0. The van der Waals surface area contributed by atoms with Crippen LogP contribution in [0.2, 0.25) is 0 Å². The van der Waals surface area contributed by atoms with Gasteiger partial charge in [0.05, 0.1) is 25.3 Å². The number of benzene rings is 1. The normalized spacial score (nSPS) is 26.0. The smallest absolute Gasteiger partial charge is 0.247 e. The number of para-hydroxylation sites is 1. The fourth-order valence-corrected chi connectivity index (χ4v) is 5.81. The second kappa shape index (κ2) is 6.81. The summed E-state index contributed by atoms with van der Waals surface area (Å²) in [7, 11) is -3.76. The van der Waals surface area contributed by atoms with Crippen LogP contribution in [0.25, 0.3) is 0 Å². The molecule has 1 atom stereocenters. The van der Waals surface area contributed by atoms with Crippen LogP contribution in [0.1, 0.15) is 25.0 Å². The first-order valence-corrected chi connectivity index (χ1v) is 11.4. The lowest BCUT2D eigenvalue weighted by Crippen LogP contribution is -2.49. The van der Waals surface area contributed by atoms with Crippen molar-refractivity contribution in [1.82, 2.24) is 14.2 Å². The maximum atomic E-state index is 13.4. The molecule has 1 aromatic heterocycles. The van der Waals surface area contributed by atoms with E-state index in [9.17, 15) is 13.2 Å². The second-order valence-corrected chi connectivity index (χ2v) is 10.0. The summed E-state index contributed by atoms with van der Waals surface area (Å²) in [5.74, 6) is 0.662. The van der Waals surface area contributed by atoms with E-state index < -0.39 is 15.6 Å². The van der Waals surface area contributed by atoms with Crippen molar-refractivity contribution >= 4 is 15.9 Å². The number of ether oxygens (including phenoxy) is 1. The van der Waals surface area contributed by atoms with E-state index in [4.69, 9.17) is 4.74 Å². The van der Waals surface area contributed by atoms with Crippen molar-refractivity contribution in [3.63, 3.8) is 0 Å². The quantitative estimate of drug-likeness (QED) is 0.769. The van der Waals surface area contributed by atoms with E-state index in [1.54, 1.807) is 36.5 Å². The maximum absolute atomic E-state index is 13.4. The lowest BCUT2D eigenvalue weighted by Gasteiger charge is -2.31. The van der Waals surface area contributed by atoms with Gasteiger partial charge in [0.25, 0.3) is 0 Å². The monoisotopic (exact) mass is 413 g/mol. The van der Waals surface area contributed by atoms with E-state index >= 15 is 0 Å². The van der Waals surface area contributed by atoms with Crippen molar-refractivity contribution in [3.05, 3.63) is 54.4 Å². The minimum absolute atomic E-state index is 0.136. The Bertz CT molecular complexity index is 1040. The molecule has 1 aliphatic carbocycles. The van der Waals surface area contributed by atoms with Gasteiger partial charge in [-0.2, -0.15) is 4.31 Å². The topological polar surface area (TPSA) is 79.8 Å². The molecule has 2 aromatic rings. The molecule has 152 valence electrons. The van der Waals surface area contributed by atoms with Gasteiger partial charge >= 0.3 is 0 Å². The van der Waals surface area contributed by atoms with Crippen molar-refractivity contribution < 1.29 is 17.9 Å². The molecule has 3 aliphatic rings. The third-order valence-electron chi connectivity index (χ3n) is 5.88. The Morgan fingerprint density at radius 3 is 2.69 bits per heavy atom. The van der Waals surface area contributed by atoms with Crippen LogP contribution in [-0.4, -0.2) is 53.7 Å². The minimum atomic E-state index is -3.76. The zero-order chi connectivity index (χ0) is 20.1. The first kappa shape index (κ1) is 18.6. The molecule has 5 rings (SSSR count). The fraction of sp³-hybridized carbons (Fsp3) is 0.429. The molecule has 8 heteroatoms. The van der Waals surface area contributed by atoms with Gasteiger partial charge in [-0.1, -0.05) is 18.2 Å². The lowest BCUT2D eigenvalue weighted by atomic mass is 10.0. The van der Waals surface area contributed by atoms with Crippen LogP contribution in [0.4, 0.5) is 0 Å². The first-order valence-electron chi connectivity index (χ1n) is 9.94. The number of fused-ring (bicyclic) bond motifs is 1. The summed E-state index contributed by atoms with van der Waals surface area (Å²) in [6.07, 6.45) is 4.16. The van der Waals surface area contributed by atoms with E-state index in [0.717, 1.165) is 12.8 Å². The van der Waals surface area contributed by atoms with Crippen LogP contribution in [0.5, 0.6) is 5.75 Å². The summed E-state index contributed by atoms with van der Waals surface area (Å²) >= 11 is 0. The van der Waals surface area contributed by atoms with Crippen LogP contribution in [0.15, 0.2) is 53.6 Å². The maximum Gasteiger partial charge on any atom is 0.247 e. The Hall–Kier alpha value is -2.45. The highest BCUT2D eigenvalue weighted by Gasteiger charge is 2.50. The van der Waals surface area contributed by atoms with Gasteiger partial charge in [0.2, 0.25) is 15.9 Å². The molecule has 1 spiro atoms. The van der Waals surface area contributed by atoms with E-state index in [0.29, 0.717) is 31.0 Å². The van der Waals surface area contributed by atoms with Crippen molar-refractivity contribution in [2.24, 2.45) is 5.92 Å². The molecule has 0 radical (unpaired) electrons. The van der Waals surface area contributed by atoms with E-state index in [2.05, 4.69) is 4.98 Å². The average molecular weight is 413 g/mol. The Morgan fingerprint density at radius 1 is 1.14 bits per heavy atom. The molecule has 2 aliphatic heterocycles. The summed E-state index contributed by atoms with van der Waals surface area (Å²) < 4.78 is 34.7. The molecule has 7 nitrogen and oxygen atoms in total. The standard InChI is InChI=1S/C21H23N3O4S/c25-20(16-8-9-16)23-12-10-21(14-23)15-24(13-17-5-3-4-11-22-17)29(26,27)19-7-2-1-6-18(19)28-21/h1-7,11,16H,8-10,12-15H2/t21-/m1/s1. The number of likely N-dealkylation sites (tertiary alicyclic amines) is 1. The second-order valence-electron chi connectivity index (χ2n) is 8.11. The molecule has 1 amide bonds. The molecule has 1 saturated heterocycles. The highest BCUT2D eigenvalue weighted by Crippen LogP contribution is 2.40. The van der Waals surface area contributed by atoms with Crippen LogP contribution in [0, 0.1) is 5.92 Å². The average Bonchev–Trinajstić information content (AvgIpc) is 3.50. The van der Waals surface area contributed by atoms with E-state index in [1.807, 2.05) is 17.0 Å². The fourth-order valence-electron chi connectivity index (χ4n) is 4.21. The number of carbonyl (C=O) groups is 1. The Morgan fingerprint density at radius 2 is 1.93 bits per heavy atom. The largest absolute Gasteiger partial charge is 0.483 e. The lowest BCUT2D eigenvalue weighted by molar-refractivity contribution is -0.132. The van der Waals surface area contributed by atoms with E-state index in [-0.39, 0.29) is 29.8 Å². The molecule has 1 aromatic carbocycles. The third-order valence-corrected chi connectivity index (χ3v) is 7.71. The molecule has 0 unspecified atom stereocenters. The number of sulfonamides is 1. The van der Waals surface area contributed by atoms with Gasteiger partial charge in [0.1, 0.15) is 16.2 Å². The van der Waals surface area contributed by atoms with Crippen LogP contribution in [0.3, 0.4) is 0 Å². The van der Waals surface area contributed by atoms with Crippen molar-refractivity contribution in [2.45, 2.75) is 36.3 Å². The third kappa shape index (κ3) is 3.40. The van der Waals surface area contributed by atoms with Gasteiger partial charge in [0, 0.05) is 25.1 Å². The summed E-state index contributed by atoms with van der Waals surface area (Å²) in [6.45, 7) is 1.36. The summed E-state index contributed by atoms with van der Waals surface area (Å²) in [5, 5.41) is 0. The molecule has 29 heavy (non-hydrogen) atoms. The van der Waals surface area contributed by atoms with E-state index in [1.165, 1.54) is 4.31 Å². The number of rotatable bonds is 3. The van der Waals surface area contributed by atoms with Crippen LogP contribution >= 0.6 is 0 Å². The van der Waals surface area contributed by atoms with Gasteiger partial charge < -0.3 is 9.64 Å². The van der Waals surface area contributed by atoms with Crippen molar-refractivity contribution in [1.29, 1.82) is 0 Å². The number of hydrogen-bond acceptors (Lipinski definition) is 5. The van der Waals surface area contributed by atoms with Gasteiger partial charge in [-0.15, -0.1) is 0 Å². The molecular formula is C21H23N3O4S. The number of nitrogens with zero attached hydrogens (tertiary/aromatic N) is 3. The Kier molecular flexibility index (Phi) is 4.36. The highest BCUT2D eigenvalue weighted by atomic mass is 32.2. The number of hydrogen-bond donors (Lipinski definition) is 0. The highest BCUT2D eigenvalue weighted by molar-refractivity contribution is 7.89.